The summed E-state index contributed by atoms with van der Waals surface area (Å²) < 4.78 is 28.3. The third-order valence-electron chi connectivity index (χ3n) is 4.49. The maximum absolute atomic E-state index is 13.5. The molecular weight excluding hydrogens is 376 g/mol. The molecule has 0 aromatic heterocycles. The van der Waals surface area contributed by atoms with Gasteiger partial charge in [0.25, 0.3) is 15.7 Å². The van der Waals surface area contributed by atoms with Gasteiger partial charge in [-0.05, 0) is 43.7 Å². The lowest BCUT2D eigenvalue weighted by Gasteiger charge is -2.31. The molecule has 0 heterocycles. The number of anilines is 1. The summed E-state index contributed by atoms with van der Waals surface area (Å²) in [5.74, 6) is 0. The molecular formula is C21H20N2O4S. The van der Waals surface area contributed by atoms with Crippen molar-refractivity contribution in [3.8, 4) is 0 Å². The minimum atomic E-state index is -3.95. The first-order valence-electron chi connectivity index (χ1n) is 8.71. The Morgan fingerprint density at radius 3 is 2.14 bits per heavy atom. The smallest absolute Gasteiger partial charge is 0.259 e. The van der Waals surface area contributed by atoms with E-state index in [4.69, 9.17) is 0 Å². The van der Waals surface area contributed by atoms with E-state index in [1.54, 1.807) is 24.3 Å². The molecule has 0 amide bonds. The fourth-order valence-electron chi connectivity index (χ4n) is 3.06. The number of non-ortho nitro benzene ring substituents is 1. The molecule has 28 heavy (non-hydrogen) atoms. The quantitative estimate of drug-likeness (QED) is 0.440. The normalized spacial score (nSPS) is 12.4. The molecule has 3 rings (SSSR count). The molecule has 1 atom stereocenters. The van der Waals surface area contributed by atoms with Crippen molar-refractivity contribution in [3.05, 3.63) is 100 Å². The molecule has 0 radical (unpaired) electrons. The monoisotopic (exact) mass is 396 g/mol. The van der Waals surface area contributed by atoms with Crippen LogP contribution in [0.1, 0.15) is 24.1 Å². The van der Waals surface area contributed by atoms with Crippen molar-refractivity contribution in [2.75, 3.05) is 4.31 Å². The molecule has 6 nitrogen and oxygen atoms in total. The fraction of sp³-hybridized carbons (Fsp3) is 0.143. The average molecular weight is 396 g/mol. The molecule has 0 aliphatic carbocycles. The van der Waals surface area contributed by atoms with Gasteiger partial charge in [0.1, 0.15) is 0 Å². The highest BCUT2D eigenvalue weighted by Crippen LogP contribution is 2.33. The van der Waals surface area contributed by atoms with E-state index in [0.717, 1.165) is 11.1 Å². The number of sulfonamides is 1. The zero-order chi connectivity index (χ0) is 20.3. The number of rotatable bonds is 6. The summed E-state index contributed by atoms with van der Waals surface area (Å²) in [4.78, 5) is 10.3. The van der Waals surface area contributed by atoms with E-state index < -0.39 is 21.0 Å². The Hall–Kier alpha value is -3.19. The summed E-state index contributed by atoms with van der Waals surface area (Å²) in [5, 5.41) is 10.9. The van der Waals surface area contributed by atoms with E-state index in [1.165, 1.54) is 28.6 Å². The standard InChI is InChI=1S/C21H20N2O4S/c1-16-7-6-8-18(15-16)17(2)22(19-9-4-3-5-10-19)28(26,27)21-13-11-20(12-14-21)23(24)25/h3-15,17H,1-2H3/t17-/m0/s1. The molecule has 0 fully saturated rings. The van der Waals surface area contributed by atoms with Gasteiger partial charge in [-0.3, -0.25) is 14.4 Å². The van der Waals surface area contributed by atoms with Gasteiger partial charge in [0.2, 0.25) is 0 Å². The predicted molar refractivity (Wildman–Crippen MR) is 109 cm³/mol. The summed E-state index contributed by atoms with van der Waals surface area (Å²) in [6, 6.07) is 21.0. The van der Waals surface area contributed by atoms with Gasteiger partial charge < -0.3 is 0 Å². The highest BCUT2D eigenvalue weighted by atomic mass is 32.2. The van der Waals surface area contributed by atoms with Crippen LogP contribution in [0.2, 0.25) is 0 Å². The second-order valence-corrected chi connectivity index (χ2v) is 8.29. The lowest BCUT2D eigenvalue weighted by Crippen LogP contribution is -2.33. The number of nitrogens with zero attached hydrogens (tertiary/aromatic N) is 2. The number of hydrogen-bond donors (Lipinski definition) is 0. The van der Waals surface area contributed by atoms with Crippen LogP contribution in [0.15, 0.2) is 83.8 Å². The lowest BCUT2D eigenvalue weighted by molar-refractivity contribution is -0.384. The Balaban J connectivity index is 2.11. The average Bonchev–Trinajstić information content (AvgIpc) is 2.69. The number of hydrogen-bond acceptors (Lipinski definition) is 4. The van der Waals surface area contributed by atoms with Crippen molar-refractivity contribution in [2.24, 2.45) is 0 Å². The maximum atomic E-state index is 13.5. The minimum Gasteiger partial charge on any atom is -0.259 e. The maximum Gasteiger partial charge on any atom is 0.269 e. The highest BCUT2D eigenvalue weighted by Gasteiger charge is 2.30. The van der Waals surface area contributed by atoms with Crippen LogP contribution >= 0.6 is 0 Å². The number of aryl methyl sites for hydroxylation is 1. The number of nitro groups is 1. The first kappa shape index (κ1) is 19.6. The van der Waals surface area contributed by atoms with Crippen molar-refractivity contribution in [1.82, 2.24) is 0 Å². The largest absolute Gasteiger partial charge is 0.269 e. The fourth-order valence-corrected chi connectivity index (χ4v) is 4.71. The zero-order valence-corrected chi connectivity index (χ0v) is 16.3. The van der Waals surface area contributed by atoms with Crippen molar-refractivity contribution >= 4 is 21.4 Å². The number of benzene rings is 3. The Bertz CT molecular complexity index is 1080. The van der Waals surface area contributed by atoms with Crippen LogP contribution in [0.5, 0.6) is 0 Å². The van der Waals surface area contributed by atoms with Gasteiger partial charge in [0, 0.05) is 12.1 Å². The Morgan fingerprint density at radius 2 is 1.57 bits per heavy atom. The van der Waals surface area contributed by atoms with Crippen LogP contribution in [0.4, 0.5) is 11.4 Å². The summed E-state index contributed by atoms with van der Waals surface area (Å²) >= 11 is 0. The molecule has 0 N–H and O–H groups in total. The van der Waals surface area contributed by atoms with Crippen LogP contribution < -0.4 is 4.31 Å². The van der Waals surface area contributed by atoms with Crippen molar-refractivity contribution < 1.29 is 13.3 Å². The van der Waals surface area contributed by atoms with Gasteiger partial charge in [-0.1, -0.05) is 48.0 Å². The summed E-state index contributed by atoms with van der Waals surface area (Å²) in [7, 11) is -3.95. The second-order valence-electron chi connectivity index (χ2n) is 6.48. The molecule has 0 aliphatic heterocycles. The van der Waals surface area contributed by atoms with E-state index in [-0.39, 0.29) is 10.6 Å². The molecule has 3 aromatic rings. The molecule has 0 aliphatic rings. The topological polar surface area (TPSA) is 80.5 Å². The highest BCUT2D eigenvalue weighted by molar-refractivity contribution is 7.92. The van der Waals surface area contributed by atoms with Crippen LogP contribution in [0.25, 0.3) is 0 Å². The first-order chi connectivity index (χ1) is 13.3. The third kappa shape index (κ3) is 3.89. The molecule has 0 unspecified atom stereocenters. The van der Waals surface area contributed by atoms with E-state index in [9.17, 15) is 18.5 Å². The van der Waals surface area contributed by atoms with Crippen LogP contribution in [0, 0.1) is 17.0 Å². The predicted octanol–water partition coefficient (Wildman–Crippen LogP) is 4.86. The molecule has 144 valence electrons. The second kappa shape index (κ2) is 7.82. The van der Waals surface area contributed by atoms with Gasteiger partial charge in [0.05, 0.1) is 21.5 Å². The summed E-state index contributed by atoms with van der Waals surface area (Å²) in [6.07, 6.45) is 0. The van der Waals surface area contributed by atoms with E-state index in [1.807, 2.05) is 44.2 Å². The number of para-hydroxylation sites is 1. The summed E-state index contributed by atoms with van der Waals surface area (Å²) in [5.41, 5.74) is 2.26. The summed E-state index contributed by atoms with van der Waals surface area (Å²) in [6.45, 7) is 3.78. The molecule has 7 heteroatoms. The van der Waals surface area contributed by atoms with Gasteiger partial charge in [0.15, 0.2) is 0 Å². The molecule has 3 aromatic carbocycles. The van der Waals surface area contributed by atoms with Gasteiger partial charge in [-0.25, -0.2) is 8.42 Å². The molecule has 0 spiro atoms. The van der Waals surface area contributed by atoms with Crippen molar-refractivity contribution in [3.63, 3.8) is 0 Å². The third-order valence-corrected chi connectivity index (χ3v) is 6.40. The SMILES string of the molecule is Cc1cccc([C@H](C)N(c2ccccc2)S(=O)(=O)c2ccc([N+](=O)[O-])cc2)c1. The van der Waals surface area contributed by atoms with E-state index >= 15 is 0 Å². The van der Waals surface area contributed by atoms with Crippen molar-refractivity contribution in [2.45, 2.75) is 24.8 Å². The van der Waals surface area contributed by atoms with Crippen molar-refractivity contribution in [1.29, 1.82) is 0 Å². The number of nitro benzene ring substituents is 1. The molecule has 0 saturated heterocycles. The van der Waals surface area contributed by atoms with Gasteiger partial charge in [-0.15, -0.1) is 0 Å². The Kier molecular flexibility index (Phi) is 5.46. The zero-order valence-electron chi connectivity index (χ0n) is 15.5. The lowest BCUT2D eigenvalue weighted by atomic mass is 10.1. The first-order valence-corrected chi connectivity index (χ1v) is 10.2. The van der Waals surface area contributed by atoms with Crippen LogP contribution in [-0.4, -0.2) is 13.3 Å². The van der Waals surface area contributed by atoms with E-state index in [0.29, 0.717) is 5.69 Å². The molecule has 0 bridgehead atoms. The minimum absolute atomic E-state index is 0.00135. The molecule has 0 saturated carbocycles. The Morgan fingerprint density at radius 1 is 0.929 bits per heavy atom. The van der Waals surface area contributed by atoms with Crippen LogP contribution in [0.3, 0.4) is 0 Å². The Labute approximate surface area is 164 Å². The van der Waals surface area contributed by atoms with Gasteiger partial charge in [-0.2, -0.15) is 0 Å². The van der Waals surface area contributed by atoms with E-state index in [2.05, 4.69) is 0 Å². The van der Waals surface area contributed by atoms with Gasteiger partial charge >= 0.3 is 0 Å². The van der Waals surface area contributed by atoms with Crippen LogP contribution in [-0.2, 0) is 10.0 Å².